The van der Waals surface area contributed by atoms with Gasteiger partial charge in [-0.25, -0.2) is 4.79 Å². The van der Waals surface area contributed by atoms with Gasteiger partial charge >= 0.3 is 5.63 Å². The zero-order valence-corrected chi connectivity index (χ0v) is 14.5. The van der Waals surface area contributed by atoms with Crippen LogP contribution in [-0.2, 0) is 6.54 Å². The molecular weight excluding hydrogens is 286 g/mol. The van der Waals surface area contributed by atoms with Crippen molar-refractivity contribution < 1.29 is 4.42 Å². The van der Waals surface area contributed by atoms with Crippen LogP contribution in [0.15, 0.2) is 27.4 Å². The lowest BCUT2D eigenvalue weighted by atomic mass is 9.95. The highest BCUT2D eigenvalue weighted by molar-refractivity contribution is 5.82. The predicted molar refractivity (Wildman–Crippen MR) is 95.1 cm³/mol. The minimum atomic E-state index is -0.237. The predicted octanol–water partition coefficient (Wildman–Crippen LogP) is 4.60. The third-order valence-corrected chi connectivity index (χ3v) is 4.93. The summed E-state index contributed by atoms with van der Waals surface area (Å²) < 4.78 is 5.46. The molecule has 3 heteroatoms. The van der Waals surface area contributed by atoms with Crippen molar-refractivity contribution in [3.8, 4) is 0 Å². The lowest BCUT2D eigenvalue weighted by Crippen LogP contribution is -2.24. The van der Waals surface area contributed by atoms with Gasteiger partial charge in [-0.1, -0.05) is 26.7 Å². The van der Waals surface area contributed by atoms with Gasteiger partial charge in [0.25, 0.3) is 0 Å². The Hall–Kier alpha value is -1.61. The largest absolute Gasteiger partial charge is 0.423 e. The van der Waals surface area contributed by atoms with Gasteiger partial charge < -0.3 is 4.42 Å². The Morgan fingerprint density at radius 1 is 1.09 bits per heavy atom. The van der Waals surface area contributed by atoms with Gasteiger partial charge in [0.2, 0.25) is 0 Å². The number of hydrogen-bond acceptors (Lipinski definition) is 3. The van der Waals surface area contributed by atoms with Crippen LogP contribution >= 0.6 is 0 Å². The molecule has 0 radical (unpaired) electrons. The average molecular weight is 313 g/mol. The fraction of sp³-hybridized carbons (Fsp3) is 0.550. The van der Waals surface area contributed by atoms with Crippen molar-refractivity contribution in [3.05, 3.63) is 45.3 Å². The number of aryl methyl sites for hydroxylation is 1. The second kappa shape index (κ2) is 6.88. The molecule has 3 nitrogen and oxygen atoms in total. The molecule has 0 saturated carbocycles. The van der Waals surface area contributed by atoms with Gasteiger partial charge in [0, 0.05) is 18.0 Å². The Balaban J connectivity index is 2.03. The van der Waals surface area contributed by atoms with Gasteiger partial charge in [0.1, 0.15) is 5.58 Å². The van der Waals surface area contributed by atoms with E-state index in [2.05, 4.69) is 31.7 Å². The van der Waals surface area contributed by atoms with Gasteiger partial charge in [-0.2, -0.15) is 0 Å². The SMILES string of the molecule is Cc1cc2oc(=O)cc(CN3CCCCCC3)c2cc1C(C)C. The lowest BCUT2D eigenvalue weighted by molar-refractivity contribution is 0.277. The number of fused-ring (bicyclic) bond motifs is 1. The number of rotatable bonds is 3. The van der Waals surface area contributed by atoms with E-state index >= 15 is 0 Å². The number of benzene rings is 1. The molecule has 1 aliphatic heterocycles. The molecule has 2 heterocycles. The maximum absolute atomic E-state index is 12.0. The van der Waals surface area contributed by atoms with Crippen molar-refractivity contribution in [2.24, 2.45) is 0 Å². The van der Waals surface area contributed by atoms with E-state index in [9.17, 15) is 4.79 Å². The van der Waals surface area contributed by atoms with Crippen LogP contribution in [0, 0.1) is 6.92 Å². The Morgan fingerprint density at radius 3 is 2.43 bits per heavy atom. The Kier molecular flexibility index (Phi) is 4.86. The van der Waals surface area contributed by atoms with Crippen LogP contribution in [0.5, 0.6) is 0 Å². The van der Waals surface area contributed by atoms with Crippen LogP contribution in [0.1, 0.15) is 62.1 Å². The van der Waals surface area contributed by atoms with Crippen molar-refractivity contribution in [2.75, 3.05) is 13.1 Å². The summed E-state index contributed by atoms with van der Waals surface area (Å²) in [5.41, 5.74) is 4.13. The molecule has 1 saturated heterocycles. The first-order chi connectivity index (χ1) is 11.0. The van der Waals surface area contributed by atoms with Crippen LogP contribution in [-0.4, -0.2) is 18.0 Å². The quantitative estimate of drug-likeness (QED) is 0.776. The molecule has 1 aromatic carbocycles. The molecule has 2 aromatic rings. The summed E-state index contributed by atoms with van der Waals surface area (Å²) in [6.45, 7) is 9.62. The first kappa shape index (κ1) is 16.3. The summed E-state index contributed by atoms with van der Waals surface area (Å²) in [7, 11) is 0. The standard InChI is InChI=1S/C20H27NO2/c1-14(2)17-12-18-16(13-21-8-6-4-5-7-9-21)11-20(22)23-19(18)10-15(17)3/h10-12,14H,4-9,13H2,1-3H3. The summed E-state index contributed by atoms with van der Waals surface area (Å²) >= 11 is 0. The third kappa shape index (κ3) is 3.66. The number of likely N-dealkylation sites (tertiary alicyclic amines) is 1. The van der Waals surface area contributed by atoms with Gasteiger partial charge in [0.15, 0.2) is 0 Å². The zero-order chi connectivity index (χ0) is 16.4. The maximum atomic E-state index is 12.0. The minimum absolute atomic E-state index is 0.237. The highest BCUT2D eigenvalue weighted by atomic mass is 16.4. The molecular formula is C20H27NO2. The molecule has 0 unspecified atom stereocenters. The molecule has 1 aliphatic rings. The lowest BCUT2D eigenvalue weighted by Gasteiger charge is -2.21. The summed E-state index contributed by atoms with van der Waals surface area (Å²) in [4.78, 5) is 14.4. The van der Waals surface area contributed by atoms with Crippen LogP contribution in [0.25, 0.3) is 11.0 Å². The highest BCUT2D eigenvalue weighted by Gasteiger charge is 2.15. The van der Waals surface area contributed by atoms with Crippen molar-refractivity contribution >= 4 is 11.0 Å². The Labute approximate surface area is 138 Å². The molecule has 23 heavy (non-hydrogen) atoms. The van der Waals surface area contributed by atoms with Gasteiger partial charge in [0.05, 0.1) is 0 Å². The monoisotopic (exact) mass is 313 g/mol. The van der Waals surface area contributed by atoms with Crippen LogP contribution in [0.2, 0.25) is 0 Å². The van der Waals surface area contributed by atoms with Gasteiger partial charge in [-0.15, -0.1) is 0 Å². The molecule has 3 rings (SSSR count). The van der Waals surface area contributed by atoms with Gasteiger partial charge in [-0.05, 0) is 67.6 Å². The first-order valence-corrected chi connectivity index (χ1v) is 8.84. The van der Waals surface area contributed by atoms with Crippen molar-refractivity contribution in [3.63, 3.8) is 0 Å². The molecule has 0 amide bonds. The topological polar surface area (TPSA) is 33.5 Å². The Bertz CT molecular complexity index is 737. The van der Waals surface area contributed by atoms with Crippen LogP contribution in [0.3, 0.4) is 0 Å². The molecule has 1 aromatic heterocycles. The average Bonchev–Trinajstić information content (AvgIpc) is 2.74. The smallest absolute Gasteiger partial charge is 0.336 e. The summed E-state index contributed by atoms with van der Waals surface area (Å²) in [5.74, 6) is 0.470. The van der Waals surface area contributed by atoms with E-state index in [0.717, 1.165) is 36.2 Å². The van der Waals surface area contributed by atoms with Crippen molar-refractivity contribution in [2.45, 2.75) is 58.9 Å². The van der Waals surface area contributed by atoms with Crippen molar-refractivity contribution in [1.82, 2.24) is 4.90 Å². The molecule has 0 N–H and O–H groups in total. The number of hydrogen-bond donors (Lipinski definition) is 0. The molecule has 124 valence electrons. The molecule has 0 aliphatic carbocycles. The van der Waals surface area contributed by atoms with Crippen molar-refractivity contribution in [1.29, 1.82) is 0 Å². The number of nitrogens with zero attached hydrogens (tertiary/aromatic N) is 1. The molecule has 0 bridgehead atoms. The highest BCUT2D eigenvalue weighted by Crippen LogP contribution is 2.27. The summed E-state index contributed by atoms with van der Waals surface area (Å²) in [6.07, 6.45) is 5.17. The molecule has 0 spiro atoms. The zero-order valence-electron chi connectivity index (χ0n) is 14.5. The second-order valence-electron chi connectivity index (χ2n) is 7.14. The maximum Gasteiger partial charge on any atom is 0.336 e. The second-order valence-corrected chi connectivity index (χ2v) is 7.14. The fourth-order valence-electron chi connectivity index (χ4n) is 3.68. The third-order valence-electron chi connectivity index (χ3n) is 4.93. The summed E-state index contributed by atoms with van der Waals surface area (Å²) in [6, 6.07) is 5.94. The molecule has 1 fully saturated rings. The Morgan fingerprint density at radius 2 is 1.78 bits per heavy atom. The van der Waals surface area contributed by atoms with E-state index in [0.29, 0.717) is 5.92 Å². The van der Waals surface area contributed by atoms with E-state index in [-0.39, 0.29) is 5.63 Å². The van der Waals surface area contributed by atoms with E-state index in [1.54, 1.807) is 6.07 Å². The van der Waals surface area contributed by atoms with E-state index in [4.69, 9.17) is 4.42 Å². The van der Waals surface area contributed by atoms with E-state index in [1.165, 1.54) is 36.8 Å². The van der Waals surface area contributed by atoms with Crippen LogP contribution < -0.4 is 5.63 Å². The van der Waals surface area contributed by atoms with E-state index < -0.39 is 0 Å². The van der Waals surface area contributed by atoms with Gasteiger partial charge in [-0.3, -0.25) is 4.90 Å². The normalized spacial score (nSPS) is 16.9. The first-order valence-electron chi connectivity index (χ1n) is 8.84. The van der Waals surface area contributed by atoms with Crippen LogP contribution in [0.4, 0.5) is 0 Å². The molecule has 0 atom stereocenters. The summed E-state index contributed by atoms with van der Waals surface area (Å²) in [5, 5.41) is 1.10. The minimum Gasteiger partial charge on any atom is -0.423 e. The van der Waals surface area contributed by atoms with E-state index in [1.807, 2.05) is 6.07 Å². The fourth-order valence-corrected chi connectivity index (χ4v) is 3.68.